The fourth-order valence-electron chi connectivity index (χ4n) is 4.12. The zero-order valence-electron chi connectivity index (χ0n) is 16.6. The lowest BCUT2D eigenvalue weighted by Crippen LogP contribution is -2.30. The minimum atomic E-state index is -0.314. The van der Waals surface area contributed by atoms with E-state index in [-0.39, 0.29) is 29.7 Å². The van der Waals surface area contributed by atoms with Gasteiger partial charge in [0.05, 0.1) is 6.10 Å². The number of hydrogen-bond donors (Lipinski definition) is 4. The van der Waals surface area contributed by atoms with Crippen LogP contribution < -0.4 is 10.6 Å². The molecule has 2 amide bonds. The Labute approximate surface area is 170 Å². The molecule has 1 aromatic carbocycles. The van der Waals surface area contributed by atoms with Gasteiger partial charge in [-0.3, -0.25) is 9.59 Å². The van der Waals surface area contributed by atoms with Crippen LogP contribution in [0.15, 0.2) is 42.5 Å². The molecule has 2 unspecified atom stereocenters. The molecule has 7 heteroatoms. The molecule has 1 heterocycles. The summed E-state index contributed by atoms with van der Waals surface area (Å²) in [5.41, 5.74) is 2.43. The monoisotopic (exact) mass is 397 g/mol. The zero-order valence-corrected chi connectivity index (χ0v) is 16.6. The number of carbonyl (C=O) groups excluding carboxylic acids is 2. The van der Waals surface area contributed by atoms with E-state index in [0.717, 1.165) is 25.5 Å². The number of benzene rings is 1. The molecule has 4 N–H and O–H groups in total. The third-order valence-corrected chi connectivity index (χ3v) is 5.55. The highest BCUT2D eigenvalue weighted by atomic mass is 16.3. The number of carbonyl (C=O) groups is 2. The van der Waals surface area contributed by atoms with E-state index in [9.17, 15) is 14.7 Å². The summed E-state index contributed by atoms with van der Waals surface area (Å²) in [7, 11) is 2.55. The summed E-state index contributed by atoms with van der Waals surface area (Å²) in [4.78, 5) is 29.3. The van der Waals surface area contributed by atoms with Crippen molar-refractivity contribution in [1.82, 2.24) is 15.6 Å². The Morgan fingerprint density at radius 3 is 2.34 bits per heavy atom. The Balaban J connectivity index is 0.00000117. The van der Waals surface area contributed by atoms with E-state index < -0.39 is 0 Å². The molecule has 2 saturated carbocycles. The van der Waals surface area contributed by atoms with Crippen LogP contribution >= 0.6 is 0 Å². The lowest BCUT2D eigenvalue weighted by Gasteiger charge is -2.12. The topological polar surface area (TPSA) is 112 Å². The number of hydrogen-bond acceptors (Lipinski definition) is 5. The van der Waals surface area contributed by atoms with Gasteiger partial charge in [0.25, 0.3) is 11.8 Å². The standard InChI is InChI=1S/C21H23N3O3.CH4O/c1-22-21(27)18-9-13(8-14(23-18)7-12-5-3-2-4-6-12)20(26)24-19-16-10-15(25)11-17(16)19;1-2/h2-6,8-9,15-17,19,25H,7,10-11H2,1H3,(H,22,27)(H,24,26);2H,1H3. The SMILES string of the molecule is CNC(=O)c1cc(C(=O)NC2C3CC(O)CC32)cc(Cc2ccccc2)n1.CO. The number of aliphatic hydroxyl groups is 2. The molecule has 0 aliphatic heterocycles. The molecular formula is C22H27N3O4. The molecule has 7 nitrogen and oxygen atoms in total. The minimum absolute atomic E-state index is 0.134. The van der Waals surface area contributed by atoms with Crippen LogP contribution in [-0.2, 0) is 6.42 Å². The van der Waals surface area contributed by atoms with Gasteiger partial charge in [0.1, 0.15) is 5.69 Å². The molecule has 154 valence electrons. The van der Waals surface area contributed by atoms with Gasteiger partial charge in [-0.2, -0.15) is 0 Å². The predicted molar refractivity (Wildman–Crippen MR) is 108 cm³/mol. The van der Waals surface area contributed by atoms with Gasteiger partial charge in [0, 0.05) is 37.9 Å². The van der Waals surface area contributed by atoms with Gasteiger partial charge >= 0.3 is 0 Å². The van der Waals surface area contributed by atoms with Gasteiger partial charge in [-0.25, -0.2) is 4.98 Å². The number of aliphatic hydroxyl groups excluding tert-OH is 2. The first-order valence-corrected chi connectivity index (χ1v) is 9.76. The summed E-state index contributed by atoms with van der Waals surface area (Å²) in [5, 5.41) is 22.3. The summed E-state index contributed by atoms with van der Waals surface area (Å²) in [6.07, 6.45) is 1.84. The van der Waals surface area contributed by atoms with E-state index in [1.807, 2.05) is 30.3 Å². The van der Waals surface area contributed by atoms with Crippen molar-refractivity contribution in [2.45, 2.75) is 31.4 Å². The molecule has 2 fully saturated rings. The summed E-state index contributed by atoms with van der Waals surface area (Å²) in [6, 6.07) is 13.3. The van der Waals surface area contributed by atoms with Crippen molar-refractivity contribution in [2.75, 3.05) is 14.2 Å². The van der Waals surface area contributed by atoms with E-state index in [2.05, 4.69) is 15.6 Å². The fraction of sp³-hybridized carbons (Fsp3) is 0.409. The highest BCUT2D eigenvalue weighted by Gasteiger charge is 2.56. The van der Waals surface area contributed by atoms with Crippen LogP contribution in [-0.4, -0.2) is 53.3 Å². The molecule has 1 aromatic heterocycles. The lowest BCUT2D eigenvalue weighted by molar-refractivity contribution is 0.0936. The molecule has 2 aromatic rings. The van der Waals surface area contributed by atoms with Crippen molar-refractivity contribution >= 4 is 11.8 Å². The minimum Gasteiger partial charge on any atom is -0.400 e. The van der Waals surface area contributed by atoms with E-state index in [0.29, 0.717) is 29.5 Å². The number of fused-ring (bicyclic) bond motifs is 1. The smallest absolute Gasteiger partial charge is 0.269 e. The van der Waals surface area contributed by atoms with Crippen LogP contribution in [0.1, 0.15) is 44.9 Å². The second kappa shape index (κ2) is 9.15. The maximum absolute atomic E-state index is 12.7. The highest BCUT2D eigenvalue weighted by Crippen LogP contribution is 2.52. The number of amides is 2. The highest BCUT2D eigenvalue weighted by molar-refractivity contribution is 5.98. The normalized spacial score (nSPS) is 24.0. The number of nitrogens with zero attached hydrogens (tertiary/aromatic N) is 1. The summed E-state index contributed by atoms with van der Waals surface area (Å²) < 4.78 is 0. The van der Waals surface area contributed by atoms with E-state index in [1.165, 1.54) is 6.07 Å². The van der Waals surface area contributed by atoms with Gasteiger partial charge in [-0.1, -0.05) is 30.3 Å². The number of aromatic nitrogens is 1. The first kappa shape index (κ1) is 21.0. The molecule has 29 heavy (non-hydrogen) atoms. The fourth-order valence-corrected chi connectivity index (χ4v) is 4.12. The van der Waals surface area contributed by atoms with Crippen LogP contribution in [0.4, 0.5) is 0 Å². The van der Waals surface area contributed by atoms with E-state index in [4.69, 9.17) is 5.11 Å². The quantitative estimate of drug-likeness (QED) is 0.605. The average Bonchev–Trinajstić information content (AvgIpc) is 3.19. The maximum Gasteiger partial charge on any atom is 0.269 e. The summed E-state index contributed by atoms with van der Waals surface area (Å²) in [6.45, 7) is 0. The van der Waals surface area contributed by atoms with Gasteiger partial charge in [0.15, 0.2) is 0 Å². The Hall–Kier alpha value is -2.77. The molecule has 4 rings (SSSR count). The van der Waals surface area contributed by atoms with E-state index in [1.54, 1.807) is 13.1 Å². The summed E-state index contributed by atoms with van der Waals surface area (Å²) in [5.74, 6) is 0.261. The molecule has 0 radical (unpaired) electrons. The average molecular weight is 397 g/mol. The van der Waals surface area contributed by atoms with Crippen LogP contribution in [0.2, 0.25) is 0 Å². The molecule has 0 bridgehead atoms. The third kappa shape index (κ3) is 4.81. The Morgan fingerprint density at radius 2 is 1.72 bits per heavy atom. The Bertz CT molecular complexity index is 860. The molecule has 0 saturated heterocycles. The van der Waals surface area contributed by atoms with Gasteiger partial charge in [-0.15, -0.1) is 0 Å². The third-order valence-electron chi connectivity index (χ3n) is 5.55. The molecule has 2 atom stereocenters. The Morgan fingerprint density at radius 1 is 1.07 bits per heavy atom. The molecule has 2 aliphatic carbocycles. The maximum atomic E-state index is 12.7. The second-order valence-corrected chi connectivity index (χ2v) is 7.43. The number of pyridine rings is 1. The molecular weight excluding hydrogens is 370 g/mol. The van der Waals surface area contributed by atoms with Crippen LogP contribution in [0.3, 0.4) is 0 Å². The van der Waals surface area contributed by atoms with Crippen LogP contribution in [0, 0.1) is 11.8 Å². The second-order valence-electron chi connectivity index (χ2n) is 7.43. The van der Waals surface area contributed by atoms with Gasteiger partial charge < -0.3 is 20.8 Å². The number of rotatable bonds is 5. The molecule has 2 aliphatic rings. The van der Waals surface area contributed by atoms with Crippen molar-refractivity contribution in [3.05, 3.63) is 65.0 Å². The predicted octanol–water partition coefficient (Wildman–Crippen LogP) is 1.14. The number of nitrogens with one attached hydrogen (secondary N) is 2. The van der Waals surface area contributed by atoms with Crippen LogP contribution in [0.5, 0.6) is 0 Å². The van der Waals surface area contributed by atoms with Crippen molar-refractivity contribution in [1.29, 1.82) is 0 Å². The first-order chi connectivity index (χ1) is 14.0. The van der Waals surface area contributed by atoms with Crippen molar-refractivity contribution < 1.29 is 19.8 Å². The van der Waals surface area contributed by atoms with Crippen LogP contribution in [0.25, 0.3) is 0 Å². The van der Waals surface area contributed by atoms with E-state index >= 15 is 0 Å². The van der Waals surface area contributed by atoms with Crippen molar-refractivity contribution in [3.63, 3.8) is 0 Å². The zero-order chi connectivity index (χ0) is 21.0. The Kier molecular flexibility index (Phi) is 6.61. The van der Waals surface area contributed by atoms with Gasteiger partial charge in [0.2, 0.25) is 0 Å². The van der Waals surface area contributed by atoms with Gasteiger partial charge in [-0.05, 0) is 42.4 Å². The largest absolute Gasteiger partial charge is 0.400 e. The van der Waals surface area contributed by atoms with Crippen molar-refractivity contribution in [2.24, 2.45) is 11.8 Å². The lowest BCUT2D eigenvalue weighted by atomic mass is 10.1. The summed E-state index contributed by atoms with van der Waals surface area (Å²) >= 11 is 0. The van der Waals surface area contributed by atoms with Crippen molar-refractivity contribution in [3.8, 4) is 0 Å². The first-order valence-electron chi connectivity index (χ1n) is 9.76. The molecule has 0 spiro atoms.